The molecule has 3 rings (SSSR count). The van der Waals surface area contributed by atoms with Crippen LogP contribution in [0.25, 0.3) is 0 Å². The van der Waals surface area contributed by atoms with E-state index in [-0.39, 0.29) is 6.09 Å². The number of rotatable bonds is 5. The Hall–Kier alpha value is -2.69. The second-order valence-corrected chi connectivity index (χ2v) is 6.67. The molecule has 1 amide bonds. The Labute approximate surface area is 154 Å². The van der Waals surface area contributed by atoms with Crippen molar-refractivity contribution in [1.29, 1.82) is 0 Å². The fourth-order valence-corrected chi connectivity index (χ4v) is 3.29. The Morgan fingerprint density at radius 2 is 1.88 bits per heavy atom. The Balaban J connectivity index is 1.47. The molecule has 5 nitrogen and oxygen atoms in total. The van der Waals surface area contributed by atoms with Gasteiger partial charge in [-0.3, -0.25) is 0 Å². The molecule has 0 unspecified atom stereocenters. The summed E-state index contributed by atoms with van der Waals surface area (Å²) >= 11 is 0. The van der Waals surface area contributed by atoms with Crippen LogP contribution in [0.1, 0.15) is 24.0 Å². The zero-order valence-electron chi connectivity index (χ0n) is 15.1. The molecule has 0 aliphatic carbocycles. The van der Waals surface area contributed by atoms with Crippen LogP contribution in [0.3, 0.4) is 0 Å². The maximum atomic E-state index is 12.2. The van der Waals surface area contributed by atoms with Gasteiger partial charge in [0, 0.05) is 13.1 Å². The predicted molar refractivity (Wildman–Crippen MR) is 99.3 cm³/mol. The first-order chi connectivity index (χ1) is 12.7. The number of benzene rings is 2. The van der Waals surface area contributed by atoms with E-state index in [1.54, 1.807) is 24.1 Å². The lowest BCUT2D eigenvalue weighted by Gasteiger charge is -2.31. The number of carbonyl (C=O) groups excluding carboxylic acids is 1. The highest BCUT2D eigenvalue weighted by Crippen LogP contribution is 2.29. The van der Waals surface area contributed by atoms with Crippen LogP contribution in [-0.2, 0) is 17.8 Å². The average Bonchev–Trinajstić information content (AvgIpc) is 2.69. The van der Waals surface area contributed by atoms with Gasteiger partial charge in [-0.2, -0.15) is 0 Å². The van der Waals surface area contributed by atoms with Gasteiger partial charge in [-0.15, -0.1) is 0 Å². The number of piperidine rings is 1. The Bertz CT molecular complexity index is 724. The highest BCUT2D eigenvalue weighted by Gasteiger charge is 2.24. The molecular weight excluding hydrogens is 330 g/mol. The molecule has 0 atom stereocenters. The van der Waals surface area contributed by atoms with E-state index in [1.165, 1.54) is 0 Å². The van der Waals surface area contributed by atoms with E-state index in [9.17, 15) is 9.90 Å². The van der Waals surface area contributed by atoms with Crippen molar-refractivity contribution < 1.29 is 19.4 Å². The van der Waals surface area contributed by atoms with Crippen LogP contribution in [0.2, 0.25) is 0 Å². The monoisotopic (exact) mass is 355 g/mol. The van der Waals surface area contributed by atoms with Crippen molar-refractivity contribution in [3.05, 3.63) is 59.7 Å². The lowest BCUT2D eigenvalue weighted by molar-refractivity contribution is 0.0822. The minimum absolute atomic E-state index is 0.253. The van der Waals surface area contributed by atoms with E-state index in [1.807, 2.05) is 36.4 Å². The van der Waals surface area contributed by atoms with Crippen LogP contribution in [0.5, 0.6) is 11.5 Å². The second kappa shape index (κ2) is 8.61. The molecule has 0 spiro atoms. The van der Waals surface area contributed by atoms with Gasteiger partial charge in [0.05, 0.1) is 7.11 Å². The lowest BCUT2D eigenvalue weighted by atomic mass is 9.90. The molecule has 0 saturated carbocycles. The summed E-state index contributed by atoms with van der Waals surface area (Å²) in [4.78, 5) is 14.0. The third-order valence-corrected chi connectivity index (χ3v) is 4.87. The first-order valence-electron chi connectivity index (χ1n) is 8.97. The molecule has 0 radical (unpaired) electrons. The van der Waals surface area contributed by atoms with Gasteiger partial charge >= 0.3 is 6.09 Å². The maximum Gasteiger partial charge on any atom is 0.410 e. The number of aromatic hydroxyl groups is 1. The average molecular weight is 355 g/mol. The molecule has 0 bridgehead atoms. The molecule has 1 heterocycles. The van der Waals surface area contributed by atoms with E-state index in [0.29, 0.717) is 31.4 Å². The number of likely N-dealkylation sites (tertiary alicyclic amines) is 1. The van der Waals surface area contributed by atoms with Gasteiger partial charge in [0.15, 0.2) is 0 Å². The van der Waals surface area contributed by atoms with Crippen molar-refractivity contribution in [2.75, 3.05) is 20.2 Å². The number of carbonyl (C=O) groups is 1. The number of hydrogen-bond acceptors (Lipinski definition) is 4. The number of methoxy groups -OCH3 is 1. The molecule has 2 aromatic carbocycles. The molecule has 1 aliphatic rings. The van der Waals surface area contributed by atoms with Crippen LogP contribution in [0.4, 0.5) is 4.79 Å². The molecule has 1 saturated heterocycles. The van der Waals surface area contributed by atoms with Crippen molar-refractivity contribution in [1.82, 2.24) is 4.90 Å². The van der Waals surface area contributed by atoms with Crippen LogP contribution >= 0.6 is 0 Å². The summed E-state index contributed by atoms with van der Waals surface area (Å²) in [5.74, 6) is 1.49. The third-order valence-electron chi connectivity index (χ3n) is 4.87. The number of phenolic OH excluding ortho intramolecular Hbond substituents is 1. The normalized spacial score (nSPS) is 14.9. The number of hydrogen-bond donors (Lipinski definition) is 1. The molecule has 26 heavy (non-hydrogen) atoms. The molecule has 5 heteroatoms. The topological polar surface area (TPSA) is 59.0 Å². The molecule has 2 aromatic rings. The maximum absolute atomic E-state index is 12.2. The Morgan fingerprint density at radius 3 is 2.58 bits per heavy atom. The molecule has 1 N–H and O–H groups in total. The van der Waals surface area contributed by atoms with Crippen LogP contribution in [-0.4, -0.2) is 36.3 Å². The second-order valence-electron chi connectivity index (χ2n) is 6.67. The number of amides is 1. The lowest BCUT2D eigenvalue weighted by Crippen LogP contribution is -2.39. The van der Waals surface area contributed by atoms with Gasteiger partial charge in [-0.25, -0.2) is 4.79 Å². The largest absolute Gasteiger partial charge is 0.508 e. The van der Waals surface area contributed by atoms with Gasteiger partial charge in [-0.05, 0) is 54.5 Å². The van der Waals surface area contributed by atoms with Crippen LogP contribution in [0.15, 0.2) is 48.5 Å². The number of phenols is 1. The minimum atomic E-state index is -0.253. The minimum Gasteiger partial charge on any atom is -0.508 e. The summed E-state index contributed by atoms with van der Waals surface area (Å²) in [6.07, 6.45) is 2.33. The fourth-order valence-electron chi connectivity index (χ4n) is 3.29. The van der Waals surface area contributed by atoms with Gasteiger partial charge < -0.3 is 19.5 Å². The summed E-state index contributed by atoms with van der Waals surface area (Å²) in [6, 6.07) is 15.0. The Kier molecular flexibility index (Phi) is 6.00. The third kappa shape index (κ3) is 4.69. The van der Waals surface area contributed by atoms with E-state index in [4.69, 9.17) is 9.47 Å². The van der Waals surface area contributed by atoms with Crippen molar-refractivity contribution in [2.24, 2.45) is 5.92 Å². The first kappa shape index (κ1) is 18.1. The standard InChI is InChI=1S/C21H25NO4/c1-25-19-7-8-20(23)18(14-19)13-16-9-11-22(12-10-16)21(24)26-15-17-5-3-2-4-6-17/h2-8,14,16,23H,9-13,15H2,1H3. The summed E-state index contributed by atoms with van der Waals surface area (Å²) in [5.41, 5.74) is 1.89. The van der Waals surface area contributed by atoms with E-state index < -0.39 is 0 Å². The zero-order valence-corrected chi connectivity index (χ0v) is 15.1. The predicted octanol–water partition coefficient (Wildman–Crippen LogP) is 3.99. The van der Waals surface area contributed by atoms with Crippen LogP contribution < -0.4 is 4.74 Å². The molecule has 1 aliphatic heterocycles. The summed E-state index contributed by atoms with van der Waals surface area (Å²) < 4.78 is 10.6. The fraction of sp³-hybridized carbons (Fsp3) is 0.381. The first-order valence-corrected chi connectivity index (χ1v) is 8.97. The SMILES string of the molecule is COc1ccc(O)c(CC2CCN(C(=O)OCc3ccccc3)CC2)c1. The highest BCUT2D eigenvalue weighted by atomic mass is 16.6. The van der Waals surface area contributed by atoms with Gasteiger partial charge in [-0.1, -0.05) is 30.3 Å². The van der Waals surface area contributed by atoms with E-state index in [0.717, 1.165) is 36.1 Å². The van der Waals surface area contributed by atoms with Gasteiger partial charge in [0.2, 0.25) is 0 Å². The van der Waals surface area contributed by atoms with Crippen molar-refractivity contribution >= 4 is 6.09 Å². The quantitative estimate of drug-likeness (QED) is 0.881. The van der Waals surface area contributed by atoms with Crippen molar-refractivity contribution in [2.45, 2.75) is 25.9 Å². The van der Waals surface area contributed by atoms with E-state index >= 15 is 0 Å². The van der Waals surface area contributed by atoms with E-state index in [2.05, 4.69) is 0 Å². The number of nitrogens with zero attached hydrogens (tertiary/aromatic N) is 1. The van der Waals surface area contributed by atoms with Crippen molar-refractivity contribution in [3.8, 4) is 11.5 Å². The van der Waals surface area contributed by atoms with Crippen LogP contribution in [0, 0.1) is 5.92 Å². The van der Waals surface area contributed by atoms with Crippen molar-refractivity contribution in [3.63, 3.8) is 0 Å². The van der Waals surface area contributed by atoms with Gasteiger partial charge in [0.1, 0.15) is 18.1 Å². The van der Waals surface area contributed by atoms with Gasteiger partial charge in [0.25, 0.3) is 0 Å². The Morgan fingerprint density at radius 1 is 1.15 bits per heavy atom. The summed E-state index contributed by atoms with van der Waals surface area (Å²) in [6.45, 7) is 1.67. The molecule has 0 aromatic heterocycles. The molecular formula is C21H25NO4. The highest BCUT2D eigenvalue weighted by molar-refractivity contribution is 5.67. The number of ether oxygens (including phenoxy) is 2. The molecule has 138 valence electrons. The molecule has 1 fully saturated rings. The zero-order chi connectivity index (χ0) is 18.4. The summed E-state index contributed by atoms with van der Waals surface area (Å²) in [7, 11) is 1.62. The smallest absolute Gasteiger partial charge is 0.410 e. The summed E-state index contributed by atoms with van der Waals surface area (Å²) in [5, 5.41) is 10.0.